The Balaban J connectivity index is 1.81. The number of anilines is 1. The quantitative estimate of drug-likeness (QED) is 0.643. The van der Waals surface area contributed by atoms with E-state index in [4.69, 9.17) is 10.5 Å². The zero-order valence-electron chi connectivity index (χ0n) is 15.5. The summed E-state index contributed by atoms with van der Waals surface area (Å²) in [6, 6.07) is 6.25. The second-order valence-corrected chi connectivity index (χ2v) is 8.41. The van der Waals surface area contributed by atoms with E-state index in [1.165, 1.54) is 24.5 Å². The van der Waals surface area contributed by atoms with Gasteiger partial charge in [0.25, 0.3) is 0 Å². The lowest BCUT2D eigenvalue weighted by Crippen LogP contribution is -2.67. The summed E-state index contributed by atoms with van der Waals surface area (Å²) in [4.78, 5) is 19.5. The molecule has 5 unspecified atom stereocenters. The van der Waals surface area contributed by atoms with Crippen LogP contribution in [0.25, 0.3) is 10.9 Å². The standard InChI is InChI=1S/C21H27N3O2/c1-3-13-8-12-10-21(20(25)26-2)18-15(6-7-24(11-12)19(13)21)16-9-14(22)4-5-17(16)23-18/h4-5,9,12-13,19,23H,3,6-8,10-11,22H2,1-2H3. The van der Waals surface area contributed by atoms with Gasteiger partial charge in [0.05, 0.1) is 7.11 Å². The summed E-state index contributed by atoms with van der Waals surface area (Å²) in [5.41, 5.74) is 9.71. The molecule has 138 valence electrons. The molecule has 5 heteroatoms. The third kappa shape index (κ3) is 1.92. The molecule has 4 heterocycles. The van der Waals surface area contributed by atoms with Gasteiger partial charge in [-0.3, -0.25) is 9.69 Å². The van der Waals surface area contributed by atoms with Gasteiger partial charge in [0.1, 0.15) is 5.41 Å². The van der Waals surface area contributed by atoms with Gasteiger partial charge in [0.15, 0.2) is 0 Å². The van der Waals surface area contributed by atoms with Crippen LogP contribution in [0.5, 0.6) is 0 Å². The first-order chi connectivity index (χ1) is 12.6. The van der Waals surface area contributed by atoms with Gasteiger partial charge in [-0.1, -0.05) is 13.3 Å². The van der Waals surface area contributed by atoms with Crippen LogP contribution >= 0.6 is 0 Å². The van der Waals surface area contributed by atoms with Crippen LogP contribution in [-0.2, 0) is 21.4 Å². The highest BCUT2D eigenvalue weighted by Crippen LogP contribution is 2.55. The van der Waals surface area contributed by atoms with Crippen LogP contribution in [0.15, 0.2) is 18.2 Å². The largest absolute Gasteiger partial charge is 0.468 e. The van der Waals surface area contributed by atoms with Crippen molar-refractivity contribution >= 4 is 22.6 Å². The molecule has 0 radical (unpaired) electrons. The van der Waals surface area contributed by atoms with Crippen LogP contribution in [0, 0.1) is 11.8 Å². The zero-order valence-corrected chi connectivity index (χ0v) is 15.5. The maximum atomic E-state index is 13.3. The number of aromatic nitrogens is 1. The second-order valence-electron chi connectivity index (χ2n) is 8.41. The molecule has 3 N–H and O–H groups in total. The van der Waals surface area contributed by atoms with E-state index >= 15 is 0 Å². The van der Waals surface area contributed by atoms with E-state index in [-0.39, 0.29) is 12.0 Å². The number of nitrogens with one attached hydrogen (secondary N) is 1. The Bertz CT molecular complexity index is 889. The van der Waals surface area contributed by atoms with Crippen molar-refractivity contribution in [1.82, 2.24) is 9.88 Å². The normalized spacial score (nSPS) is 35.2. The number of rotatable bonds is 2. The van der Waals surface area contributed by atoms with E-state index in [2.05, 4.69) is 22.9 Å². The Hall–Kier alpha value is -2.01. The van der Waals surface area contributed by atoms with E-state index in [0.717, 1.165) is 49.2 Å². The predicted octanol–water partition coefficient (Wildman–Crippen LogP) is 2.84. The molecule has 0 spiro atoms. The van der Waals surface area contributed by atoms with E-state index in [1.807, 2.05) is 12.1 Å². The zero-order chi connectivity index (χ0) is 18.1. The third-order valence-electron chi connectivity index (χ3n) is 7.18. The van der Waals surface area contributed by atoms with Crippen molar-refractivity contribution in [1.29, 1.82) is 0 Å². The Morgan fingerprint density at radius 1 is 1.46 bits per heavy atom. The van der Waals surface area contributed by atoms with Crippen LogP contribution in [0.2, 0.25) is 0 Å². The summed E-state index contributed by atoms with van der Waals surface area (Å²) in [5.74, 6) is 1.04. The number of nitrogen functional groups attached to an aromatic ring is 1. The molecule has 0 amide bonds. The molecular formula is C21H27N3O2. The molecule has 3 fully saturated rings. The first kappa shape index (κ1) is 16.2. The summed E-state index contributed by atoms with van der Waals surface area (Å²) in [5, 5.41) is 1.17. The first-order valence-corrected chi connectivity index (χ1v) is 9.81. The van der Waals surface area contributed by atoms with Gasteiger partial charge in [-0.25, -0.2) is 0 Å². The van der Waals surface area contributed by atoms with Crippen LogP contribution in [-0.4, -0.2) is 42.1 Å². The lowest BCUT2D eigenvalue weighted by molar-refractivity contribution is -0.162. The highest BCUT2D eigenvalue weighted by Gasteiger charge is 2.62. The summed E-state index contributed by atoms with van der Waals surface area (Å²) in [7, 11) is 1.54. The molecule has 1 saturated carbocycles. The first-order valence-electron chi connectivity index (χ1n) is 9.81. The van der Waals surface area contributed by atoms with Crippen molar-refractivity contribution in [2.75, 3.05) is 25.9 Å². The number of fused-ring (bicyclic) bond motifs is 4. The van der Waals surface area contributed by atoms with Crippen LogP contribution < -0.4 is 5.73 Å². The third-order valence-corrected chi connectivity index (χ3v) is 7.18. The van der Waals surface area contributed by atoms with Gasteiger partial charge in [-0.2, -0.15) is 0 Å². The lowest BCUT2D eigenvalue weighted by Gasteiger charge is -2.57. The number of carbonyl (C=O) groups excluding carboxylic acids is 1. The Kier molecular flexibility index (Phi) is 3.42. The van der Waals surface area contributed by atoms with Gasteiger partial charge in [0, 0.05) is 41.4 Å². The molecule has 1 aliphatic carbocycles. The van der Waals surface area contributed by atoms with Crippen molar-refractivity contribution in [2.24, 2.45) is 11.8 Å². The monoisotopic (exact) mass is 353 g/mol. The number of hydrogen-bond donors (Lipinski definition) is 2. The van der Waals surface area contributed by atoms with Gasteiger partial charge >= 0.3 is 5.97 Å². The molecule has 4 aliphatic rings. The minimum absolute atomic E-state index is 0.0713. The van der Waals surface area contributed by atoms with Gasteiger partial charge in [0.2, 0.25) is 0 Å². The van der Waals surface area contributed by atoms with E-state index in [1.54, 1.807) is 0 Å². The molecule has 2 aromatic rings. The Labute approximate surface area is 153 Å². The van der Waals surface area contributed by atoms with E-state index < -0.39 is 5.41 Å². The number of nitrogens with zero attached hydrogens (tertiary/aromatic N) is 1. The molecule has 5 nitrogen and oxygen atoms in total. The van der Waals surface area contributed by atoms with Gasteiger partial charge < -0.3 is 15.5 Å². The number of methoxy groups -OCH3 is 1. The average Bonchev–Trinajstić information content (AvgIpc) is 2.98. The Morgan fingerprint density at radius 2 is 2.31 bits per heavy atom. The molecule has 3 aliphatic heterocycles. The average molecular weight is 353 g/mol. The van der Waals surface area contributed by atoms with Crippen LogP contribution in [0.4, 0.5) is 5.69 Å². The fourth-order valence-electron chi connectivity index (χ4n) is 6.33. The number of benzene rings is 1. The smallest absolute Gasteiger partial charge is 0.319 e. The number of carbonyl (C=O) groups is 1. The molecule has 1 aromatic heterocycles. The van der Waals surface area contributed by atoms with Gasteiger partial charge in [-0.05, 0) is 54.9 Å². The molecule has 6 rings (SSSR count). The van der Waals surface area contributed by atoms with E-state index in [9.17, 15) is 4.79 Å². The number of piperidine rings is 2. The van der Waals surface area contributed by atoms with E-state index in [0.29, 0.717) is 11.8 Å². The number of H-pyrrole nitrogens is 1. The highest BCUT2D eigenvalue weighted by atomic mass is 16.5. The maximum Gasteiger partial charge on any atom is 0.319 e. The minimum atomic E-state index is -0.573. The molecule has 1 aromatic carbocycles. The fraction of sp³-hybridized carbons (Fsp3) is 0.571. The number of aromatic amines is 1. The number of ether oxygens (including phenoxy) is 1. The predicted molar refractivity (Wildman–Crippen MR) is 102 cm³/mol. The van der Waals surface area contributed by atoms with Crippen molar-refractivity contribution in [3.63, 3.8) is 0 Å². The van der Waals surface area contributed by atoms with Gasteiger partial charge in [-0.15, -0.1) is 0 Å². The summed E-state index contributed by atoms with van der Waals surface area (Å²) in [6.07, 6.45) is 4.20. The van der Waals surface area contributed by atoms with Crippen molar-refractivity contribution in [2.45, 2.75) is 44.1 Å². The maximum absolute atomic E-state index is 13.3. The Morgan fingerprint density at radius 3 is 3.08 bits per heavy atom. The second kappa shape index (κ2) is 5.49. The minimum Gasteiger partial charge on any atom is -0.468 e. The van der Waals surface area contributed by atoms with Crippen molar-refractivity contribution < 1.29 is 9.53 Å². The highest BCUT2D eigenvalue weighted by molar-refractivity contribution is 5.93. The molecule has 26 heavy (non-hydrogen) atoms. The van der Waals surface area contributed by atoms with Crippen LogP contribution in [0.1, 0.15) is 37.4 Å². The van der Waals surface area contributed by atoms with Crippen molar-refractivity contribution in [3.05, 3.63) is 29.5 Å². The number of esters is 1. The SMILES string of the molecule is CCC1CC2CN3CCc4c([nH]c5ccc(N)cc45)C(C(=O)OC)(C2)C13. The number of hydrogen-bond acceptors (Lipinski definition) is 4. The molecule has 4 bridgehead atoms. The molecule has 5 atom stereocenters. The topological polar surface area (TPSA) is 71.3 Å². The fourth-order valence-corrected chi connectivity index (χ4v) is 6.33. The molecular weight excluding hydrogens is 326 g/mol. The summed E-state index contributed by atoms with van der Waals surface area (Å²) in [6.45, 7) is 4.38. The van der Waals surface area contributed by atoms with Crippen molar-refractivity contribution in [3.8, 4) is 0 Å². The number of nitrogens with two attached hydrogens (primary N) is 1. The molecule has 2 saturated heterocycles. The summed E-state index contributed by atoms with van der Waals surface area (Å²) < 4.78 is 5.43. The van der Waals surface area contributed by atoms with Crippen LogP contribution in [0.3, 0.4) is 0 Å². The summed E-state index contributed by atoms with van der Waals surface area (Å²) >= 11 is 0. The lowest BCUT2D eigenvalue weighted by atomic mass is 9.56.